The minimum atomic E-state index is -0.951. The van der Waals surface area contributed by atoms with Gasteiger partial charge in [-0.25, -0.2) is 0 Å². The van der Waals surface area contributed by atoms with Crippen molar-refractivity contribution in [1.29, 1.82) is 0 Å². The van der Waals surface area contributed by atoms with E-state index in [4.69, 9.17) is 9.26 Å². The Bertz CT molecular complexity index is 1270. The fraction of sp³-hybridized carbons (Fsp3) is 0.333. The number of aromatic nitrogens is 1. The molecule has 182 valence electrons. The molecule has 0 fully saturated rings. The third kappa shape index (κ3) is 5.26. The first-order chi connectivity index (χ1) is 16.8. The van der Waals surface area contributed by atoms with E-state index in [1.807, 2.05) is 63.2 Å². The smallest absolute Gasteiger partial charge is 0.274 e. The lowest BCUT2D eigenvalue weighted by atomic mass is 9.89. The van der Waals surface area contributed by atoms with Gasteiger partial charge in [0.25, 0.3) is 11.8 Å². The topological polar surface area (TPSA) is 106 Å². The summed E-state index contributed by atoms with van der Waals surface area (Å²) < 4.78 is 11.4. The molecule has 1 atom stereocenters. The Labute approximate surface area is 204 Å². The summed E-state index contributed by atoms with van der Waals surface area (Å²) in [5.74, 6) is 0.515. The Morgan fingerprint density at radius 2 is 1.86 bits per heavy atom. The number of benzene rings is 2. The molecule has 35 heavy (non-hydrogen) atoms. The average Bonchev–Trinajstić information content (AvgIpc) is 3.27. The van der Waals surface area contributed by atoms with Crippen LogP contribution in [0.2, 0.25) is 0 Å². The molecule has 8 nitrogen and oxygen atoms in total. The van der Waals surface area contributed by atoms with Crippen LogP contribution in [0.1, 0.15) is 48.0 Å². The summed E-state index contributed by atoms with van der Waals surface area (Å²) in [6.07, 6.45) is 1.41. The van der Waals surface area contributed by atoms with E-state index in [0.29, 0.717) is 23.6 Å². The molecular formula is C27H30N4O4. The number of nitrogens with one attached hydrogen (secondary N) is 2. The van der Waals surface area contributed by atoms with E-state index < -0.39 is 11.9 Å². The molecule has 1 aliphatic rings. The summed E-state index contributed by atoms with van der Waals surface area (Å²) in [6.45, 7) is 7.64. The molecule has 0 saturated heterocycles. The van der Waals surface area contributed by atoms with Crippen LogP contribution in [0.3, 0.4) is 0 Å². The van der Waals surface area contributed by atoms with Crippen molar-refractivity contribution in [3.8, 4) is 17.1 Å². The molecule has 2 amide bonds. The number of hydrogen-bond donors (Lipinski definition) is 2. The van der Waals surface area contributed by atoms with Crippen LogP contribution in [-0.2, 0) is 17.6 Å². The fourth-order valence-corrected chi connectivity index (χ4v) is 4.07. The number of carbonyl (C=O) groups excluding carboxylic acids is 2. The summed E-state index contributed by atoms with van der Waals surface area (Å²) in [4.78, 5) is 30.3. The van der Waals surface area contributed by atoms with Gasteiger partial charge in [0, 0.05) is 29.6 Å². The number of rotatable bonds is 7. The van der Waals surface area contributed by atoms with Crippen molar-refractivity contribution in [3.63, 3.8) is 0 Å². The maximum Gasteiger partial charge on any atom is 0.274 e. The van der Waals surface area contributed by atoms with Gasteiger partial charge in [0.15, 0.2) is 11.5 Å². The molecular weight excluding hydrogens is 444 g/mol. The van der Waals surface area contributed by atoms with Crippen LogP contribution < -0.4 is 15.4 Å². The second kappa shape index (κ2) is 10.1. The van der Waals surface area contributed by atoms with Crippen LogP contribution in [0.5, 0.6) is 5.75 Å². The Balaban J connectivity index is 1.55. The van der Waals surface area contributed by atoms with Crippen molar-refractivity contribution in [1.82, 2.24) is 10.5 Å². The minimum absolute atomic E-state index is 0.0825. The standard InChI is InChI=1S/C27H30N4O4/c1-15(2)34-20-11-13-21-18(14-20)8-12-22-24(31-35-25(21)22)27(33)30-23(17(4)28-5)26(32)29-19-9-6-16(3)7-10-19/h6-7,9-11,13-15,23H,8,12H2,1-5H3,(H,29,32)(H,30,33). The number of aliphatic imine (C=N–C) groups is 1. The molecule has 0 saturated carbocycles. The van der Waals surface area contributed by atoms with Crippen molar-refractivity contribution in [2.75, 3.05) is 12.4 Å². The molecule has 0 spiro atoms. The zero-order valence-corrected chi connectivity index (χ0v) is 20.6. The lowest BCUT2D eigenvalue weighted by Crippen LogP contribution is -2.48. The third-order valence-corrected chi connectivity index (χ3v) is 5.97. The van der Waals surface area contributed by atoms with E-state index in [-0.39, 0.29) is 17.7 Å². The van der Waals surface area contributed by atoms with Gasteiger partial charge in [-0.2, -0.15) is 0 Å². The minimum Gasteiger partial charge on any atom is -0.491 e. The van der Waals surface area contributed by atoms with Gasteiger partial charge in [-0.1, -0.05) is 22.9 Å². The van der Waals surface area contributed by atoms with Crippen LogP contribution in [0.25, 0.3) is 11.3 Å². The highest BCUT2D eigenvalue weighted by molar-refractivity contribution is 6.15. The second-order valence-corrected chi connectivity index (χ2v) is 8.95. The number of anilines is 1. The highest BCUT2D eigenvalue weighted by Gasteiger charge is 2.31. The van der Waals surface area contributed by atoms with E-state index in [1.165, 1.54) is 0 Å². The molecule has 1 aromatic heterocycles. The second-order valence-electron chi connectivity index (χ2n) is 8.95. The van der Waals surface area contributed by atoms with E-state index in [0.717, 1.165) is 34.4 Å². The third-order valence-electron chi connectivity index (χ3n) is 5.97. The Morgan fingerprint density at radius 1 is 1.11 bits per heavy atom. The van der Waals surface area contributed by atoms with Crippen molar-refractivity contribution in [2.45, 2.75) is 52.7 Å². The molecule has 1 aliphatic carbocycles. The maximum atomic E-state index is 13.2. The van der Waals surface area contributed by atoms with Gasteiger partial charge in [0.05, 0.1) is 6.10 Å². The number of amides is 2. The highest BCUT2D eigenvalue weighted by Crippen LogP contribution is 2.37. The maximum absolute atomic E-state index is 13.2. The number of fused-ring (bicyclic) bond motifs is 3. The first-order valence-electron chi connectivity index (χ1n) is 11.7. The zero-order valence-electron chi connectivity index (χ0n) is 20.6. The van der Waals surface area contributed by atoms with E-state index in [1.54, 1.807) is 14.0 Å². The van der Waals surface area contributed by atoms with Crippen LogP contribution in [0, 0.1) is 6.92 Å². The lowest BCUT2D eigenvalue weighted by Gasteiger charge is -2.19. The molecule has 0 aliphatic heterocycles. The molecule has 1 heterocycles. The quantitative estimate of drug-likeness (QED) is 0.495. The largest absolute Gasteiger partial charge is 0.491 e. The number of carbonyl (C=O) groups is 2. The van der Waals surface area contributed by atoms with Crippen molar-refractivity contribution >= 4 is 23.2 Å². The lowest BCUT2D eigenvalue weighted by molar-refractivity contribution is -0.116. The summed E-state index contributed by atoms with van der Waals surface area (Å²) in [7, 11) is 1.58. The first kappa shape index (κ1) is 24.2. The summed E-state index contributed by atoms with van der Waals surface area (Å²) in [5.41, 5.74) is 5.10. The van der Waals surface area contributed by atoms with Crippen LogP contribution >= 0.6 is 0 Å². The molecule has 1 unspecified atom stereocenters. The van der Waals surface area contributed by atoms with E-state index in [9.17, 15) is 9.59 Å². The predicted molar refractivity (Wildman–Crippen MR) is 135 cm³/mol. The summed E-state index contributed by atoms with van der Waals surface area (Å²) in [6, 6.07) is 12.3. The Morgan fingerprint density at radius 3 is 2.54 bits per heavy atom. The average molecular weight is 475 g/mol. The van der Waals surface area contributed by atoms with Crippen molar-refractivity contribution in [3.05, 3.63) is 64.8 Å². The van der Waals surface area contributed by atoms with Gasteiger partial charge < -0.3 is 19.9 Å². The monoisotopic (exact) mass is 474 g/mol. The molecule has 4 rings (SSSR count). The van der Waals surface area contributed by atoms with Gasteiger partial charge in [-0.05, 0) is 76.4 Å². The Kier molecular flexibility index (Phi) is 7.00. The van der Waals surface area contributed by atoms with E-state index in [2.05, 4.69) is 20.8 Å². The van der Waals surface area contributed by atoms with Gasteiger partial charge in [-0.3, -0.25) is 14.6 Å². The van der Waals surface area contributed by atoms with Crippen molar-refractivity contribution < 1.29 is 18.8 Å². The Hall–Kier alpha value is -3.94. The molecule has 0 bridgehead atoms. The molecule has 0 radical (unpaired) electrons. The van der Waals surface area contributed by atoms with Crippen LogP contribution in [0.4, 0.5) is 5.69 Å². The normalized spacial score (nSPS) is 13.6. The van der Waals surface area contributed by atoms with Crippen molar-refractivity contribution in [2.24, 2.45) is 4.99 Å². The van der Waals surface area contributed by atoms with Gasteiger partial charge in [-0.15, -0.1) is 0 Å². The number of nitrogens with zero attached hydrogens (tertiary/aromatic N) is 2. The van der Waals surface area contributed by atoms with Gasteiger partial charge in [0.2, 0.25) is 0 Å². The van der Waals surface area contributed by atoms with Gasteiger partial charge >= 0.3 is 0 Å². The van der Waals surface area contributed by atoms with E-state index >= 15 is 0 Å². The number of aryl methyl sites for hydroxylation is 2. The molecule has 3 aromatic rings. The predicted octanol–water partition coefficient (Wildman–Crippen LogP) is 4.36. The molecule has 8 heteroatoms. The van der Waals surface area contributed by atoms with Crippen LogP contribution in [0.15, 0.2) is 52.0 Å². The number of ether oxygens (including phenoxy) is 1. The number of hydrogen-bond acceptors (Lipinski definition) is 6. The molecule has 2 N–H and O–H groups in total. The summed E-state index contributed by atoms with van der Waals surface area (Å²) >= 11 is 0. The van der Waals surface area contributed by atoms with Crippen LogP contribution in [-0.4, -0.2) is 41.9 Å². The molecule has 2 aromatic carbocycles. The highest BCUT2D eigenvalue weighted by atomic mass is 16.5. The first-order valence-corrected chi connectivity index (χ1v) is 11.7. The summed E-state index contributed by atoms with van der Waals surface area (Å²) in [5, 5.41) is 9.69. The SMILES string of the molecule is CN=C(C)C(NC(=O)c1noc2c1CCc1cc(OC(C)C)ccc1-2)C(=O)Nc1ccc(C)cc1. The zero-order chi connectivity index (χ0) is 25.1. The van der Waals surface area contributed by atoms with Gasteiger partial charge in [0.1, 0.15) is 11.8 Å². The fourth-order valence-electron chi connectivity index (χ4n) is 4.07.